The minimum atomic E-state index is -0.948. The lowest BCUT2D eigenvalue weighted by Crippen LogP contribution is -2.45. The van der Waals surface area contributed by atoms with Crippen molar-refractivity contribution in [2.24, 2.45) is 11.8 Å². The predicted molar refractivity (Wildman–Crippen MR) is 126 cm³/mol. The molecule has 1 aliphatic rings. The van der Waals surface area contributed by atoms with Crippen molar-refractivity contribution in [3.63, 3.8) is 0 Å². The van der Waals surface area contributed by atoms with Crippen molar-refractivity contribution in [2.75, 3.05) is 26.2 Å². The molecule has 1 saturated heterocycles. The largest absolute Gasteiger partial charge is 0.493 e. The molecule has 0 aromatic heterocycles. The Balaban J connectivity index is 1.38. The average molecular weight is 416 g/mol. The van der Waals surface area contributed by atoms with Crippen LogP contribution >= 0.6 is 0 Å². The molecule has 1 fully saturated rings. The number of hydrogen-bond donors (Lipinski definition) is 1. The Kier molecular flexibility index (Phi) is 7.06. The highest BCUT2D eigenvalue weighted by molar-refractivity contribution is 5.37. The van der Waals surface area contributed by atoms with E-state index in [0.717, 1.165) is 56.0 Å². The number of hydrogen-bond acceptors (Lipinski definition) is 3. The average Bonchev–Trinajstić information content (AvgIpc) is 2.84. The monoisotopic (exact) mass is 415 g/mol. The molecule has 0 bridgehead atoms. The van der Waals surface area contributed by atoms with Gasteiger partial charge in [0.25, 0.3) is 0 Å². The summed E-state index contributed by atoms with van der Waals surface area (Å²) >= 11 is 0. The fourth-order valence-electron chi connectivity index (χ4n) is 4.80. The van der Waals surface area contributed by atoms with Crippen LogP contribution in [0.1, 0.15) is 30.9 Å². The van der Waals surface area contributed by atoms with Crippen LogP contribution < -0.4 is 4.74 Å². The maximum Gasteiger partial charge on any atom is 0.119 e. The molecular formula is C28H33NO2. The van der Waals surface area contributed by atoms with E-state index in [9.17, 15) is 5.11 Å². The third-order valence-electron chi connectivity index (χ3n) is 6.45. The van der Waals surface area contributed by atoms with Crippen LogP contribution in [0, 0.1) is 11.8 Å². The van der Waals surface area contributed by atoms with Crippen LogP contribution in [-0.2, 0) is 5.60 Å². The highest BCUT2D eigenvalue weighted by Crippen LogP contribution is 2.41. The molecule has 0 radical (unpaired) electrons. The molecule has 0 saturated carbocycles. The van der Waals surface area contributed by atoms with Crippen molar-refractivity contribution in [3.8, 4) is 5.75 Å². The van der Waals surface area contributed by atoms with Crippen LogP contribution in [0.5, 0.6) is 5.75 Å². The zero-order valence-corrected chi connectivity index (χ0v) is 18.4. The van der Waals surface area contributed by atoms with Gasteiger partial charge in [0.1, 0.15) is 11.4 Å². The second-order valence-electron chi connectivity index (χ2n) is 8.80. The number of ether oxygens (including phenoxy) is 1. The Hall–Kier alpha value is -2.62. The minimum absolute atomic E-state index is 0.199. The third kappa shape index (κ3) is 5.17. The molecule has 162 valence electrons. The first-order valence-electron chi connectivity index (χ1n) is 11.4. The van der Waals surface area contributed by atoms with Gasteiger partial charge in [0, 0.05) is 12.5 Å². The number of rotatable bonds is 8. The quantitative estimate of drug-likeness (QED) is 0.538. The van der Waals surface area contributed by atoms with E-state index >= 15 is 0 Å². The summed E-state index contributed by atoms with van der Waals surface area (Å²) < 4.78 is 5.93. The molecule has 0 spiro atoms. The number of piperidine rings is 1. The summed E-state index contributed by atoms with van der Waals surface area (Å²) in [5.74, 6) is 1.59. The number of para-hydroxylation sites is 1. The molecule has 1 unspecified atom stereocenters. The van der Waals surface area contributed by atoms with Gasteiger partial charge < -0.3 is 14.7 Å². The summed E-state index contributed by atoms with van der Waals surface area (Å²) in [6, 6.07) is 30.4. The minimum Gasteiger partial charge on any atom is -0.493 e. The van der Waals surface area contributed by atoms with E-state index in [-0.39, 0.29) is 5.92 Å². The van der Waals surface area contributed by atoms with Gasteiger partial charge in [-0.2, -0.15) is 0 Å². The Labute approximate surface area is 186 Å². The summed E-state index contributed by atoms with van der Waals surface area (Å²) in [6.07, 6.45) is 1.96. The fraction of sp³-hybridized carbons (Fsp3) is 0.357. The summed E-state index contributed by atoms with van der Waals surface area (Å²) in [7, 11) is 0. The molecular weight excluding hydrogens is 382 g/mol. The smallest absolute Gasteiger partial charge is 0.119 e. The first-order valence-corrected chi connectivity index (χ1v) is 11.4. The van der Waals surface area contributed by atoms with Crippen LogP contribution in [-0.4, -0.2) is 36.2 Å². The van der Waals surface area contributed by atoms with Gasteiger partial charge >= 0.3 is 0 Å². The van der Waals surface area contributed by atoms with Gasteiger partial charge in [-0.25, -0.2) is 0 Å². The lowest BCUT2D eigenvalue weighted by Gasteiger charge is -2.42. The van der Waals surface area contributed by atoms with E-state index in [1.807, 2.05) is 66.7 Å². The van der Waals surface area contributed by atoms with E-state index in [2.05, 4.69) is 36.1 Å². The number of nitrogens with zero attached hydrogens (tertiary/aromatic N) is 1. The van der Waals surface area contributed by atoms with Gasteiger partial charge in [0.15, 0.2) is 0 Å². The molecule has 1 heterocycles. The SMILES string of the molecule is CC(COc1ccccc1)CN1CCC(C(O)(c2ccccc2)c2ccccc2)CC1. The van der Waals surface area contributed by atoms with Gasteiger partial charge in [-0.15, -0.1) is 0 Å². The van der Waals surface area contributed by atoms with Crippen LogP contribution in [0.2, 0.25) is 0 Å². The highest BCUT2D eigenvalue weighted by atomic mass is 16.5. The lowest BCUT2D eigenvalue weighted by atomic mass is 9.72. The van der Waals surface area contributed by atoms with Crippen molar-refractivity contribution >= 4 is 0 Å². The Morgan fingerprint density at radius 1 is 0.839 bits per heavy atom. The summed E-state index contributed by atoms with van der Waals surface area (Å²) in [4.78, 5) is 2.52. The second-order valence-corrected chi connectivity index (χ2v) is 8.80. The Bertz CT molecular complexity index is 866. The van der Waals surface area contributed by atoms with E-state index in [0.29, 0.717) is 5.92 Å². The summed E-state index contributed by atoms with van der Waals surface area (Å²) in [5.41, 5.74) is 1.03. The number of aliphatic hydroxyl groups is 1. The van der Waals surface area contributed by atoms with Gasteiger partial charge in [0.2, 0.25) is 0 Å². The van der Waals surface area contributed by atoms with Crippen molar-refractivity contribution in [3.05, 3.63) is 102 Å². The lowest BCUT2D eigenvalue weighted by molar-refractivity contribution is -0.0164. The van der Waals surface area contributed by atoms with Crippen molar-refractivity contribution in [1.29, 1.82) is 0 Å². The van der Waals surface area contributed by atoms with Gasteiger partial charge in [-0.05, 0) is 55.1 Å². The van der Waals surface area contributed by atoms with Crippen LogP contribution in [0.4, 0.5) is 0 Å². The van der Waals surface area contributed by atoms with E-state index in [4.69, 9.17) is 4.74 Å². The van der Waals surface area contributed by atoms with E-state index in [1.54, 1.807) is 0 Å². The standard InChI is InChI=1S/C28H33NO2/c1-23(22-31-27-15-9-4-10-16-27)21-29-19-17-26(18-20-29)28(30,24-11-5-2-6-12-24)25-13-7-3-8-14-25/h2-16,23,26,30H,17-22H2,1H3. The van der Waals surface area contributed by atoms with Crippen molar-refractivity contribution < 1.29 is 9.84 Å². The van der Waals surface area contributed by atoms with Crippen molar-refractivity contribution in [2.45, 2.75) is 25.4 Å². The second kappa shape index (κ2) is 10.1. The van der Waals surface area contributed by atoms with Crippen molar-refractivity contribution in [1.82, 2.24) is 4.90 Å². The molecule has 0 amide bonds. The molecule has 3 heteroatoms. The number of benzene rings is 3. The first-order chi connectivity index (χ1) is 15.2. The molecule has 31 heavy (non-hydrogen) atoms. The molecule has 4 rings (SSSR count). The molecule has 3 aromatic carbocycles. The third-order valence-corrected chi connectivity index (χ3v) is 6.45. The molecule has 0 aliphatic carbocycles. The Morgan fingerprint density at radius 2 is 1.32 bits per heavy atom. The van der Waals surface area contributed by atoms with Gasteiger partial charge in [0.05, 0.1) is 6.61 Å². The topological polar surface area (TPSA) is 32.7 Å². The maximum atomic E-state index is 12.0. The van der Waals surface area contributed by atoms with Gasteiger partial charge in [-0.3, -0.25) is 0 Å². The summed E-state index contributed by atoms with van der Waals surface area (Å²) in [5, 5.41) is 12.0. The van der Waals surface area contributed by atoms with E-state index < -0.39 is 5.60 Å². The predicted octanol–water partition coefficient (Wildman–Crippen LogP) is 5.35. The fourth-order valence-corrected chi connectivity index (χ4v) is 4.80. The zero-order valence-electron chi connectivity index (χ0n) is 18.4. The maximum absolute atomic E-state index is 12.0. The number of likely N-dealkylation sites (tertiary alicyclic amines) is 1. The highest BCUT2D eigenvalue weighted by Gasteiger charge is 2.41. The van der Waals surface area contributed by atoms with Gasteiger partial charge in [-0.1, -0.05) is 85.8 Å². The molecule has 1 atom stereocenters. The normalized spacial score (nSPS) is 16.7. The molecule has 3 aromatic rings. The summed E-state index contributed by atoms with van der Waals surface area (Å²) in [6.45, 7) is 6.00. The van der Waals surface area contributed by atoms with E-state index in [1.165, 1.54) is 0 Å². The van der Waals surface area contributed by atoms with Crippen LogP contribution in [0.15, 0.2) is 91.0 Å². The molecule has 1 aliphatic heterocycles. The zero-order chi connectivity index (χ0) is 21.5. The Morgan fingerprint density at radius 3 is 1.84 bits per heavy atom. The molecule has 3 nitrogen and oxygen atoms in total. The van der Waals surface area contributed by atoms with Crippen LogP contribution in [0.25, 0.3) is 0 Å². The first kappa shape index (κ1) is 21.6. The van der Waals surface area contributed by atoms with Crippen LogP contribution in [0.3, 0.4) is 0 Å². The molecule has 1 N–H and O–H groups in total.